The van der Waals surface area contributed by atoms with E-state index < -0.39 is 5.97 Å². The maximum Gasteiger partial charge on any atom is 0.314 e. The minimum absolute atomic E-state index is 0.138. The SMILES string of the molecule is CSCC(C)CNC(=O)NCCCCCC(=O)O. The van der Waals surface area contributed by atoms with Crippen LogP contribution in [0.5, 0.6) is 0 Å². The van der Waals surface area contributed by atoms with E-state index in [1.807, 2.05) is 6.26 Å². The van der Waals surface area contributed by atoms with Crippen molar-refractivity contribution < 1.29 is 14.7 Å². The number of amides is 2. The van der Waals surface area contributed by atoms with E-state index in [9.17, 15) is 9.59 Å². The highest BCUT2D eigenvalue weighted by Gasteiger charge is 2.04. The number of carbonyl (C=O) groups is 2. The summed E-state index contributed by atoms with van der Waals surface area (Å²) in [7, 11) is 0. The van der Waals surface area contributed by atoms with Crippen LogP contribution in [-0.2, 0) is 4.79 Å². The first-order valence-electron chi connectivity index (χ1n) is 6.28. The Morgan fingerprint density at radius 2 is 1.94 bits per heavy atom. The van der Waals surface area contributed by atoms with Crippen molar-refractivity contribution in [2.45, 2.75) is 32.6 Å². The molecule has 0 fully saturated rings. The van der Waals surface area contributed by atoms with Crippen LogP contribution in [0.15, 0.2) is 0 Å². The van der Waals surface area contributed by atoms with Crippen molar-refractivity contribution in [2.24, 2.45) is 5.92 Å². The number of thioether (sulfide) groups is 1. The van der Waals surface area contributed by atoms with Gasteiger partial charge >= 0.3 is 12.0 Å². The van der Waals surface area contributed by atoms with E-state index in [0.29, 0.717) is 25.4 Å². The molecule has 2 amide bonds. The molecule has 106 valence electrons. The average Bonchev–Trinajstić information content (AvgIpc) is 2.31. The predicted molar refractivity (Wildman–Crippen MR) is 75.1 cm³/mol. The zero-order valence-electron chi connectivity index (χ0n) is 11.2. The van der Waals surface area contributed by atoms with Crippen LogP contribution in [0.1, 0.15) is 32.6 Å². The first kappa shape index (κ1) is 17.1. The second-order valence-electron chi connectivity index (χ2n) is 4.40. The molecule has 0 saturated heterocycles. The second-order valence-corrected chi connectivity index (χ2v) is 5.31. The van der Waals surface area contributed by atoms with Crippen LogP contribution in [0.4, 0.5) is 4.79 Å². The molecule has 0 spiro atoms. The average molecular weight is 276 g/mol. The molecular weight excluding hydrogens is 252 g/mol. The van der Waals surface area contributed by atoms with Crippen LogP contribution in [-0.4, -0.2) is 42.2 Å². The third-order valence-corrected chi connectivity index (χ3v) is 3.32. The summed E-state index contributed by atoms with van der Waals surface area (Å²) in [6, 6.07) is -0.138. The number of unbranched alkanes of at least 4 members (excludes halogenated alkanes) is 2. The Balaban J connectivity index is 3.34. The first-order valence-corrected chi connectivity index (χ1v) is 7.68. The van der Waals surface area contributed by atoms with Crippen molar-refractivity contribution in [2.75, 3.05) is 25.1 Å². The second kappa shape index (κ2) is 11.2. The van der Waals surface area contributed by atoms with Gasteiger partial charge in [-0.1, -0.05) is 13.3 Å². The fraction of sp³-hybridized carbons (Fsp3) is 0.833. The number of rotatable bonds is 10. The number of nitrogens with one attached hydrogen (secondary N) is 2. The molecule has 0 bridgehead atoms. The van der Waals surface area contributed by atoms with E-state index in [1.165, 1.54) is 0 Å². The molecule has 0 aromatic heterocycles. The minimum atomic E-state index is -0.761. The van der Waals surface area contributed by atoms with Crippen molar-refractivity contribution >= 4 is 23.8 Å². The summed E-state index contributed by atoms with van der Waals surface area (Å²) in [5.41, 5.74) is 0. The molecule has 3 N–H and O–H groups in total. The van der Waals surface area contributed by atoms with Crippen LogP contribution in [0.25, 0.3) is 0 Å². The van der Waals surface area contributed by atoms with Gasteiger partial charge in [0.25, 0.3) is 0 Å². The van der Waals surface area contributed by atoms with E-state index in [2.05, 4.69) is 17.6 Å². The van der Waals surface area contributed by atoms with Crippen molar-refractivity contribution in [3.8, 4) is 0 Å². The topological polar surface area (TPSA) is 78.4 Å². The zero-order chi connectivity index (χ0) is 13.8. The van der Waals surface area contributed by atoms with Crippen LogP contribution < -0.4 is 10.6 Å². The van der Waals surface area contributed by atoms with Crippen molar-refractivity contribution in [1.82, 2.24) is 10.6 Å². The highest BCUT2D eigenvalue weighted by molar-refractivity contribution is 7.98. The molecule has 5 nitrogen and oxygen atoms in total. The van der Waals surface area contributed by atoms with Gasteiger partial charge in [0.05, 0.1) is 0 Å². The first-order chi connectivity index (χ1) is 8.56. The van der Waals surface area contributed by atoms with Gasteiger partial charge in [-0.25, -0.2) is 4.79 Å². The van der Waals surface area contributed by atoms with Crippen LogP contribution in [0, 0.1) is 5.92 Å². The maximum absolute atomic E-state index is 11.4. The molecule has 1 unspecified atom stereocenters. The highest BCUT2D eigenvalue weighted by atomic mass is 32.2. The van der Waals surface area contributed by atoms with Gasteiger partial charge in [-0.15, -0.1) is 0 Å². The van der Waals surface area contributed by atoms with Gasteiger partial charge in [0, 0.05) is 19.5 Å². The number of aliphatic carboxylic acids is 1. The lowest BCUT2D eigenvalue weighted by atomic mass is 10.2. The Kier molecular flexibility index (Phi) is 10.6. The normalized spacial score (nSPS) is 11.9. The lowest BCUT2D eigenvalue weighted by Gasteiger charge is -2.11. The summed E-state index contributed by atoms with van der Waals surface area (Å²) in [5.74, 6) is 0.750. The molecular formula is C12H24N2O3S. The summed E-state index contributed by atoms with van der Waals surface area (Å²) in [6.45, 7) is 3.39. The summed E-state index contributed by atoms with van der Waals surface area (Å²) in [5, 5.41) is 14.0. The Labute approximate surface area is 113 Å². The zero-order valence-corrected chi connectivity index (χ0v) is 12.0. The van der Waals surface area contributed by atoms with E-state index >= 15 is 0 Å². The molecule has 0 aliphatic carbocycles. The molecule has 0 rings (SSSR count). The smallest absolute Gasteiger partial charge is 0.314 e. The molecule has 0 aromatic carbocycles. The fourth-order valence-corrected chi connectivity index (χ4v) is 2.14. The summed E-state index contributed by atoms with van der Waals surface area (Å²) < 4.78 is 0. The quantitative estimate of drug-likeness (QED) is 0.533. The van der Waals surface area contributed by atoms with Gasteiger partial charge in [-0.2, -0.15) is 11.8 Å². The highest BCUT2D eigenvalue weighted by Crippen LogP contribution is 2.02. The number of hydrogen-bond acceptors (Lipinski definition) is 3. The van der Waals surface area contributed by atoms with Gasteiger partial charge in [0.1, 0.15) is 0 Å². The number of carbonyl (C=O) groups excluding carboxylic acids is 1. The fourth-order valence-electron chi connectivity index (χ4n) is 1.45. The van der Waals surface area contributed by atoms with Crippen LogP contribution in [0.3, 0.4) is 0 Å². The molecule has 0 aliphatic rings. The van der Waals surface area contributed by atoms with Crippen molar-refractivity contribution in [3.05, 3.63) is 0 Å². The summed E-state index contributed by atoms with van der Waals surface area (Å²) >= 11 is 1.77. The van der Waals surface area contributed by atoms with Crippen molar-refractivity contribution in [1.29, 1.82) is 0 Å². The number of hydrogen-bond donors (Lipinski definition) is 3. The number of urea groups is 1. The number of carboxylic acid groups (broad SMARTS) is 1. The molecule has 0 aliphatic heterocycles. The lowest BCUT2D eigenvalue weighted by Crippen LogP contribution is -2.38. The lowest BCUT2D eigenvalue weighted by molar-refractivity contribution is -0.137. The molecule has 0 radical (unpaired) electrons. The summed E-state index contributed by atoms with van der Waals surface area (Å²) in [4.78, 5) is 21.6. The standard InChI is InChI=1S/C12H24N2O3S/c1-10(9-18-2)8-14-12(17)13-7-5-3-4-6-11(15)16/h10H,3-9H2,1-2H3,(H,15,16)(H2,13,14,17). The van der Waals surface area contributed by atoms with Crippen LogP contribution >= 0.6 is 11.8 Å². The van der Waals surface area contributed by atoms with Gasteiger partial charge in [0.15, 0.2) is 0 Å². The van der Waals surface area contributed by atoms with Crippen molar-refractivity contribution in [3.63, 3.8) is 0 Å². The largest absolute Gasteiger partial charge is 0.481 e. The van der Waals surface area contributed by atoms with Gasteiger partial charge in [-0.3, -0.25) is 4.79 Å². The third kappa shape index (κ3) is 11.6. The Morgan fingerprint density at radius 1 is 1.22 bits per heavy atom. The monoisotopic (exact) mass is 276 g/mol. The Bertz CT molecular complexity index is 249. The molecule has 0 heterocycles. The molecule has 0 saturated carbocycles. The van der Waals surface area contributed by atoms with E-state index in [-0.39, 0.29) is 12.5 Å². The van der Waals surface area contributed by atoms with Gasteiger partial charge in [0.2, 0.25) is 0 Å². The molecule has 18 heavy (non-hydrogen) atoms. The molecule has 1 atom stereocenters. The molecule has 6 heteroatoms. The van der Waals surface area contributed by atoms with E-state index in [0.717, 1.165) is 18.6 Å². The Hall–Kier alpha value is -0.910. The third-order valence-electron chi connectivity index (χ3n) is 2.42. The minimum Gasteiger partial charge on any atom is -0.481 e. The maximum atomic E-state index is 11.4. The van der Waals surface area contributed by atoms with E-state index in [1.54, 1.807) is 11.8 Å². The predicted octanol–water partition coefficient (Wildman–Crippen LogP) is 1.93. The van der Waals surface area contributed by atoms with Gasteiger partial charge < -0.3 is 15.7 Å². The van der Waals surface area contributed by atoms with Crippen LogP contribution in [0.2, 0.25) is 0 Å². The van der Waals surface area contributed by atoms with E-state index in [4.69, 9.17) is 5.11 Å². The van der Waals surface area contributed by atoms with Gasteiger partial charge in [-0.05, 0) is 30.8 Å². The Morgan fingerprint density at radius 3 is 2.56 bits per heavy atom. The number of carboxylic acids is 1. The molecule has 0 aromatic rings. The summed E-state index contributed by atoms with van der Waals surface area (Å²) in [6.07, 6.45) is 4.58.